The number of ether oxygens (including phenoxy) is 2. The number of likely N-dealkylation sites (tertiary alicyclic amines) is 2. The molecule has 1 spiro atoms. The SMILES string of the molecule is CC(C)[C@H](NC(=O)Oc1ccccc1)C(=O)N1CCC[C@H]1c1ncc(-c2ccc(-c3ccc(-c4ccc5nc([C@@H]6CCCN6C(=O)[C@@H](NC(=O)Oc6ccccc6)C(C)C)[nH]c5c4)c4c3SC3(CCCC3)C4)cc2)[nH]1. The fraction of sp³-hybridized carbons (Fsp3) is 0.367. The number of thioether (sulfide) groups is 1. The van der Waals surface area contributed by atoms with E-state index in [4.69, 9.17) is 19.4 Å². The van der Waals surface area contributed by atoms with E-state index in [-0.39, 0.29) is 40.5 Å². The molecule has 2 aromatic heterocycles. The predicted molar refractivity (Wildman–Crippen MR) is 291 cm³/mol. The van der Waals surface area contributed by atoms with Crippen molar-refractivity contribution in [2.24, 2.45) is 11.8 Å². The lowest BCUT2D eigenvalue weighted by Crippen LogP contribution is -2.51. The number of para-hydroxylation sites is 2. The Morgan fingerprint density at radius 2 is 1.19 bits per heavy atom. The molecular weight excluding hydrogens is 961 g/mol. The largest absolute Gasteiger partial charge is 0.413 e. The Hall–Kier alpha value is -7.39. The van der Waals surface area contributed by atoms with Gasteiger partial charge in [0.25, 0.3) is 0 Å². The van der Waals surface area contributed by atoms with Crippen LogP contribution in [0.1, 0.15) is 108 Å². The minimum atomic E-state index is -0.755. The number of hydrogen-bond donors (Lipinski definition) is 4. The summed E-state index contributed by atoms with van der Waals surface area (Å²) in [6, 6.07) is 35.5. The Bertz CT molecular complexity index is 3220. The Kier molecular flexibility index (Phi) is 14.0. The zero-order valence-corrected chi connectivity index (χ0v) is 43.8. The van der Waals surface area contributed by atoms with E-state index in [9.17, 15) is 19.2 Å². The number of nitrogens with zero attached hydrogens (tertiary/aromatic N) is 4. The van der Waals surface area contributed by atoms with Crippen LogP contribution in [0.25, 0.3) is 44.5 Å². The van der Waals surface area contributed by atoms with Crippen molar-refractivity contribution in [3.05, 3.63) is 139 Å². The molecule has 0 bridgehead atoms. The van der Waals surface area contributed by atoms with Crippen LogP contribution in [-0.4, -0.2) is 83.7 Å². The van der Waals surface area contributed by atoms with E-state index in [0.717, 1.165) is 77.2 Å². The second kappa shape index (κ2) is 21.1. The number of benzene rings is 5. The first-order valence-electron chi connectivity index (χ1n) is 26.6. The molecule has 5 aromatic carbocycles. The average molecular weight is 1030 g/mol. The minimum absolute atomic E-state index is 0.144. The molecule has 7 aromatic rings. The van der Waals surface area contributed by atoms with Crippen LogP contribution in [0.5, 0.6) is 11.5 Å². The molecule has 4 amide bonds. The Morgan fingerprint density at radius 1 is 0.640 bits per heavy atom. The summed E-state index contributed by atoms with van der Waals surface area (Å²) in [5, 5.41) is 5.67. The van der Waals surface area contributed by atoms with Gasteiger partial charge in [0.15, 0.2) is 0 Å². The highest BCUT2D eigenvalue weighted by molar-refractivity contribution is 8.01. The summed E-state index contributed by atoms with van der Waals surface area (Å²) in [6.07, 6.45) is 9.65. The zero-order chi connectivity index (χ0) is 51.8. The summed E-state index contributed by atoms with van der Waals surface area (Å²) in [7, 11) is 0. The van der Waals surface area contributed by atoms with Crippen LogP contribution in [0.2, 0.25) is 0 Å². The predicted octanol–water partition coefficient (Wildman–Crippen LogP) is 12.2. The number of carbonyl (C=O) groups is 4. The maximum Gasteiger partial charge on any atom is 0.413 e. The van der Waals surface area contributed by atoms with Gasteiger partial charge in [-0.15, -0.1) is 11.8 Å². The van der Waals surface area contributed by atoms with Gasteiger partial charge in [-0.3, -0.25) is 9.59 Å². The maximum absolute atomic E-state index is 14.2. The molecule has 1 saturated carbocycles. The molecule has 0 radical (unpaired) electrons. The van der Waals surface area contributed by atoms with Crippen LogP contribution in [0.15, 0.2) is 126 Å². The highest BCUT2D eigenvalue weighted by Crippen LogP contribution is 2.58. The van der Waals surface area contributed by atoms with Crippen LogP contribution >= 0.6 is 11.8 Å². The first kappa shape index (κ1) is 49.8. The van der Waals surface area contributed by atoms with E-state index < -0.39 is 24.3 Å². The molecule has 5 heterocycles. The number of imidazole rings is 2. The van der Waals surface area contributed by atoms with Crippen molar-refractivity contribution in [2.75, 3.05) is 13.1 Å². The van der Waals surface area contributed by atoms with Crippen molar-refractivity contribution in [2.45, 2.75) is 119 Å². The van der Waals surface area contributed by atoms with E-state index in [1.807, 2.05) is 55.8 Å². The molecule has 2 saturated heterocycles. The fourth-order valence-electron chi connectivity index (χ4n) is 11.6. The van der Waals surface area contributed by atoms with Gasteiger partial charge in [0.1, 0.15) is 35.2 Å². The third kappa shape index (κ3) is 10.3. The van der Waals surface area contributed by atoms with Gasteiger partial charge in [-0.05, 0) is 127 Å². The maximum atomic E-state index is 14.2. The molecule has 14 nitrogen and oxygen atoms in total. The van der Waals surface area contributed by atoms with Gasteiger partial charge >= 0.3 is 12.2 Å². The van der Waals surface area contributed by atoms with Gasteiger partial charge in [-0.25, -0.2) is 19.6 Å². The molecule has 4 aliphatic rings. The third-order valence-corrected chi connectivity index (χ3v) is 17.2. The number of amides is 4. The lowest BCUT2D eigenvalue weighted by molar-refractivity contribution is -0.136. The van der Waals surface area contributed by atoms with Gasteiger partial charge < -0.3 is 39.9 Å². The number of nitrogens with one attached hydrogen (secondary N) is 4. The molecule has 3 fully saturated rings. The van der Waals surface area contributed by atoms with Gasteiger partial charge in [0.2, 0.25) is 11.8 Å². The van der Waals surface area contributed by atoms with Crippen LogP contribution in [0, 0.1) is 11.8 Å². The van der Waals surface area contributed by atoms with Crippen molar-refractivity contribution < 1.29 is 28.7 Å². The van der Waals surface area contributed by atoms with Crippen LogP contribution < -0.4 is 20.1 Å². The third-order valence-electron chi connectivity index (χ3n) is 15.5. The number of rotatable bonds is 13. The summed E-state index contributed by atoms with van der Waals surface area (Å²) in [5.74, 6) is 1.70. The summed E-state index contributed by atoms with van der Waals surface area (Å²) >= 11 is 2.07. The molecule has 386 valence electrons. The quantitative estimate of drug-likeness (QED) is 0.0876. The highest BCUT2D eigenvalue weighted by atomic mass is 32.2. The number of aromatic nitrogens is 4. The van der Waals surface area contributed by atoms with Crippen LogP contribution in [-0.2, 0) is 16.0 Å². The average Bonchev–Trinajstić information content (AvgIpc) is 4.29. The van der Waals surface area contributed by atoms with Gasteiger partial charge in [-0.2, -0.15) is 0 Å². The molecule has 4 atom stereocenters. The first-order valence-corrected chi connectivity index (χ1v) is 27.4. The van der Waals surface area contributed by atoms with E-state index in [1.54, 1.807) is 48.5 Å². The zero-order valence-electron chi connectivity index (χ0n) is 42.9. The van der Waals surface area contributed by atoms with E-state index >= 15 is 0 Å². The number of carbonyl (C=O) groups excluding carboxylic acids is 4. The summed E-state index contributed by atoms with van der Waals surface area (Å²) in [4.78, 5) is 76.2. The molecule has 4 N–H and O–H groups in total. The molecular formula is C60H64N8O6S. The smallest absolute Gasteiger partial charge is 0.410 e. The monoisotopic (exact) mass is 1020 g/mol. The first-order chi connectivity index (χ1) is 36.4. The van der Waals surface area contributed by atoms with Crippen molar-refractivity contribution in [1.82, 2.24) is 40.4 Å². The van der Waals surface area contributed by atoms with Crippen LogP contribution in [0.4, 0.5) is 9.59 Å². The Balaban J connectivity index is 0.805. The fourth-order valence-corrected chi connectivity index (χ4v) is 13.4. The Labute approximate surface area is 441 Å². The molecule has 1 aliphatic carbocycles. The summed E-state index contributed by atoms with van der Waals surface area (Å²) in [6.45, 7) is 8.86. The lowest BCUT2D eigenvalue weighted by Gasteiger charge is -2.30. The number of fused-ring (bicyclic) bond motifs is 2. The molecule has 11 rings (SSSR count). The van der Waals surface area contributed by atoms with E-state index in [2.05, 4.69) is 87.0 Å². The van der Waals surface area contributed by atoms with Crippen molar-refractivity contribution in [3.8, 4) is 45.0 Å². The summed E-state index contributed by atoms with van der Waals surface area (Å²) < 4.78 is 11.2. The van der Waals surface area contributed by atoms with Crippen molar-refractivity contribution >= 4 is 46.8 Å². The molecule has 15 heteroatoms. The summed E-state index contributed by atoms with van der Waals surface area (Å²) in [5.41, 5.74) is 9.80. The number of hydrogen-bond acceptors (Lipinski definition) is 9. The highest BCUT2D eigenvalue weighted by Gasteiger charge is 2.43. The van der Waals surface area contributed by atoms with E-state index in [1.165, 1.54) is 47.3 Å². The normalized spacial score (nSPS) is 18.7. The van der Waals surface area contributed by atoms with Crippen molar-refractivity contribution in [3.63, 3.8) is 0 Å². The second-order valence-electron chi connectivity index (χ2n) is 21.3. The standard InChI is InChI=1S/C60H64N8O6S/c1-36(2)51(65-58(71)73-41-15-7-5-8-16-41)56(69)67-31-13-19-49(67)54-61-35-48(64-54)39-23-21-38(22-24-39)44-27-26-43(45-34-60(75-53(44)45)29-11-12-30-60)40-25-28-46-47(33-40)63-55(62-46)50-20-14-32-68(50)57(70)52(37(3)4)66-59(72)74-42-17-9-6-10-18-42/h5-10,15-18,21-28,33,35-37,49-52H,11-14,19-20,29-32,34H2,1-4H3,(H,61,64)(H,62,63)(H,65,71)(H,66,72)/t49-,50-,51-,52-/m0/s1. The van der Waals surface area contributed by atoms with E-state index in [0.29, 0.717) is 24.6 Å². The Morgan fingerprint density at radius 3 is 1.77 bits per heavy atom. The second-order valence-corrected chi connectivity index (χ2v) is 22.7. The molecule has 75 heavy (non-hydrogen) atoms. The number of aromatic amines is 2. The molecule has 3 aliphatic heterocycles. The van der Waals surface area contributed by atoms with Gasteiger partial charge in [0.05, 0.1) is 35.0 Å². The van der Waals surface area contributed by atoms with Gasteiger partial charge in [-0.1, -0.05) is 119 Å². The lowest BCUT2D eigenvalue weighted by atomic mass is 9.88. The van der Waals surface area contributed by atoms with Gasteiger partial charge in [0, 0.05) is 22.7 Å². The number of H-pyrrole nitrogens is 2. The van der Waals surface area contributed by atoms with Crippen LogP contribution in [0.3, 0.4) is 0 Å². The minimum Gasteiger partial charge on any atom is -0.410 e. The topological polar surface area (TPSA) is 175 Å². The van der Waals surface area contributed by atoms with Crippen molar-refractivity contribution in [1.29, 1.82) is 0 Å². The molecule has 0 unspecified atom stereocenters.